The summed E-state index contributed by atoms with van der Waals surface area (Å²) in [4.78, 5) is 1.67. The fourth-order valence-corrected chi connectivity index (χ4v) is 4.09. The predicted octanol–water partition coefficient (Wildman–Crippen LogP) is 3.69. The number of thiophene rings is 1. The molecule has 0 aliphatic heterocycles. The van der Waals surface area contributed by atoms with E-state index in [0.29, 0.717) is 0 Å². The second kappa shape index (κ2) is 4.15. The molecule has 88 valence electrons. The van der Waals surface area contributed by atoms with Crippen molar-refractivity contribution in [2.45, 2.75) is 58.0 Å². The fraction of sp³-hybridized carbons (Fsp3) is 0.714. The fourth-order valence-electron chi connectivity index (χ4n) is 2.91. The Morgan fingerprint density at radius 3 is 2.94 bits per heavy atom. The van der Waals surface area contributed by atoms with Crippen LogP contribution in [0, 0.1) is 5.92 Å². The molecule has 3 rings (SSSR count). The summed E-state index contributed by atoms with van der Waals surface area (Å²) in [5.41, 5.74) is 3.27. The number of hydrogen-bond donors (Lipinski definition) is 1. The molecule has 1 N–H and O–H groups in total. The average molecular weight is 235 g/mol. The van der Waals surface area contributed by atoms with Crippen LogP contribution in [0.4, 0.5) is 0 Å². The highest BCUT2D eigenvalue weighted by atomic mass is 32.1. The van der Waals surface area contributed by atoms with Gasteiger partial charge in [-0.3, -0.25) is 0 Å². The minimum Gasteiger partial charge on any atom is -0.310 e. The van der Waals surface area contributed by atoms with Gasteiger partial charge in [0.2, 0.25) is 0 Å². The van der Waals surface area contributed by atoms with Crippen LogP contribution < -0.4 is 5.32 Å². The van der Waals surface area contributed by atoms with Gasteiger partial charge in [0.25, 0.3) is 0 Å². The minimum atomic E-state index is 0.790. The predicted molar refractivity (Wildman–Crippen MR) is 70.1 cm³/mol. The molecule has 2 atom stereocenters. The maximum atomic E-state index is 3.65. The zero-order valence-corrected chi connectivity index (χ0v) is 11.1. The SMILES string of the molecule is CC1Cc2c(CNC3CC3)csc2C(C)C1. The van der Waals surface area contributed by atoms with E-state index in [1.807, 2.05) is 11.3 Å². The molecule has 16 heavy (non-hydrogen) atoms. The van der Waals surface area contributed by atoms with Gasteiger partial charge in [-0.05, 0) is 54.0 Å². The van der Waals surface area contributed by atoms with Gasteiger partial charge >= 0.3 is 0 Å². The Balaban J connectivity index is 1.78. The van der Waals surface area contributed by atoms with Crippen molar-refractivity contribution in [1.82, 2.24) is 5.32 Å². The van der Waals surface area contributed by atoms with E-state index in [2.05, 4.69) is 24.5 Å². The topological polar surface area (TPSA) is 12.0 Å². The van der Waals surface area contributed by atoms with Crippen LogP contribution in [0.5, 0.6) is 0 Å². The van der Waals surface area contributed by atoms with Crippen LogP contribution in [0.2, 0.25) is 0 Å². The van der Waals surface area contributed by atoms with Gasteiger partial charge in [0.15, 0.2) is 0 Å². The lowest BCUT2D eigenvalue weighted by Crippen LogP contribution is -2.18. The molecule has 1 saturated carbocycles. The first-order valence-corrected chi connectivity index (χ1v) is 7.44. The Bertz CT molecular complexity index is 378. The summed E-state index contributed by atoms with van der Waals surface area (Å²) < 4.78 is 0. The normalized spacial score (nSPS) is 29.1. The van der Waals surface area contributed by atoms with Crippen LogP contribution in [-0.4, -0.2) is 6.04 Å². The third kappa shape index (κ3) is 2.05. The summed E-state index contributed by atoms with van der Waals surface area (Å²) in [6.45, 7) is 5.90. The zero-order valence-electron chi connectivity index (χ0n) is 10.3. The van der Waals surface area contributed by atoms with Crippen molar-refractivity contribution >= 4 is 11.3 Å². The van der Waals surface area contributed by atoms with E-state index in [9.17, 15) is 0 Å². The molecule has 2 aliphatic rings. The first-order valence-electron chi connectivity index (χ1n) is 6.56. The quantitative estimate of drug-likeness (QED) is 0.842. The van der Waals surface area contributed by atoms with Crippen molar-refractivity contribution in [3.8, 4) is 0 Å². The maximum absolute atomic E-state index is 3.65. The van der Waals surface area contributed by atoms with Gasteiger partial charge in [0, 0.05) is 17.5 Å². The molecule has 0 radical (unpaired) electrons. The summed E-state index contributed by atoms with van der Waals surface area (Å²) in [5, 5.41) is 6.04. The van der Waals surface area contributed by atoms with Crippen molar-refractivity contribution in [3.05, 3.63) is 21.4 Å². The number of nitrogens with one attached hydrogen (secondary N) is 1. The Morgan fingerprint density at radius 1 is 1.38 bits per heavy atom. The van der Waals surface area contributed by atoms with Crippen LogP contribution in [0.1, 0.15) is 55.0 Å². The van der Waals surface area contributed by atoms with E-state index < -0.39 is 0 Å². The first kappa shape index (κ1) is 10.8. The minimum absolute atomic E-state index is 0.790. The molecule has 2 aliphatic carbocycles. The van der Waals surface area contributed by atoms with Crippen LogP contribution in [0.3, 0.4) is 0 Å². The lowest BCUT2D eigenvalue weighted by Gasteiger charge is -2.25. The van der Waals surface area contributed by atoms with Crippen LogP contribution >= 0.6 is 11.3 Å². The van der Waals surface area contributed by atoms with Crippen molar-refractivity contribution in [1.29, 1.82) is 0 Å². The van der Waals surface area contributed by atoms with Crippen LogP contribution in [0.15, 0.2) is 5.38 Å². The Hall–Kier alpha value is -0.340. The molecular weight excluding hydrogens is 214 g/mol. The third-order valence-corrected chi connectivity index (χ3v) is 5.23. The molecule has 1 aromatic rings. The van der Waals surface area contributed by atoms with Gasteiger partial charge in [-0.15, -0.1) is 11.3 Å². The third-order valence-electron chi connectivity index (χ3n) is 3.93. The van der Waals surface area contributed by atoms with E-state index in [4.69, 9.17) is 0 Å². The molecule has 1 fully saturated rings. The van der Waals surface area contributed by atoms with Gasteiger partial charge < -0.3 is 5.32 Å². The second-order valence-electron chi connectivity index (χ2n) is 5.70. The van der Waals surface area contributed by atoms with Gasteiger partial charge in [-0.2, -0.15) is 0 Å². The number of fused-ring (bicyclic) bond motifs is 1. The largest absolute Gasteiger partial charge is 0.310 e. The van der Waals surface area contributed by atoms with Crippen molar-refractivity contribution in [2.75, 3.05) is 0 Å². The van der Waals surface area contributed by atoms with E-state index in [0.717, 1.165) is 24.4 Å². The Labute approximate surface area is 102 Å². The second-order valence-corrected chi connectivity index (χ2v) is 6.62. The van der Waals surface area contributed by atoms with Gasteiger partial charge in [-0.1, -0.05) is 13.8 Å². The van der Waals surface area contributed by atoms with Crippen LogP contribution in [0.25, 0.3) is 0 Å². The van der Waals surface area contributed by atoms with Crippen molar-refractivity contribution in [2.24, 2.45) is 5.92 Å². The molecular formula is C14H21NS. The monoisotopic (exact) mass is 235 g/mol. The van der Waals surface area contributed by atoms with Crippen molar-refractivity contribution in [3.63, 3.8) is 0 Å². The van der Waals surface area contributed by atoms with Crippen molar-refractivity contribution < 1.29 is 0 Å². The molecule has 0 aromatic carbocycles. The summed E-state index contributed by atoms with van der Waals surface area (Å²) >= 11 is 1.99. The highest BCUT2D eigenvalue weighted by molar-refractivity contribution is 7.10. The highest BCUT2D eigenvalue weighted by Gasteiger charge is 2.26. The van der Waals surface area contributed by atoms with Crippen LogP contribution in [-0.2, 0) is 13.0 Å². The summed E-state index contributed by atoms with van der Waals surface area (Å²) in [6, 6.07) is 0.828. The molecule has 0 saturated heterocycles. The molecule has 0 spiro atoms. The molecule has 0 bridgehead atoms. The highest BCUT2D eigenvalue weighted by Crippen LogP contribution is 2.40. The average Bonchev–Trinajstić information content (AvgIpc) is 2.97. The molecule has 1 aromatic heterocycles. The van der Waals surface area contributed by atoms with E-state index in [-0.39, 0.29) is 0 Å². The van der Waals surface area contributed by atoms with Gasteiger partial charge in [0.1, 0.15) is 0 Å². The molecule has 2 heteroatoms. The maximum Gasteiger partial charge on any atom is 0.0219 e. The standard InChI is InChI=1S/C14H21NS/c1-9-5-10(2)14-13(6-9)11(8-16-14)7-15-12-3-4-12/h8-10,12,15H,3-7H2,1-2H3. The van der Waals surface area contributed by atoms with Gasteiger partial charge in [0.05, 0.1) is 0 Å². The van der Waals surface area contributed by atoms with Gasteiger partial charge in [-0.25, -0.2) is 0 Å². The first-order chi connectivity index (χ1) is 7.74. The summed E-state index contributed by atoms with van der Waals surface area (Å²) in [7, 11) is 0. The summed E-state index contributed by atoms with van der Waals surface area (Å²) in [5.74, 6) is 1.66. The number of rotatable bonds is 3. The molecule has 2 unspecified atom stereocenters. The lowest BCUT2D eigenvalue weighted by atomic mass is 9.82. The van der Waals surface area contributed by atoms with E-state index in [1.165, 1.54) is 25.7 Å². The zero-order chi connectivity index (χ0) is 11.1. The number of hydrogen-bond acceptors (Lipinski definition) is 2. The summed E-state index contributed by atoms with van der Waals surface area (Å²) in [6.07, 6.45) is 5.46. The van der Waals surface area contributed by atoms with E-state index in [1.54, 1.807) is 16.0 Å². The molecule has 1 nitrogen and oxygen atoms in total. The smallest absolute Gasteiger partial charge is 0.0219 e. The molecule has 0 amide bonds. The Kier molecular flexibility index (Phi) is 2.80. The Morgan fingerprint density at radius 2 is 2.19 bits per heavy atom. The van der Waals surface area contributed by atoms with E-state index >= 15 is 0 Å². The molecule has 1 heterocycles. The lowest BCUT2D eigenvalue weighted by molar-refractivity contribution is 0.453.